The smallest absolute Gasteiger partial charge is 0.0725 e. The Balaban J connectivity index is 0.920. The summed E-state index contributed by atoms with van der Waals surface area (Å²) in [6.07, 6.45) is 0.750. The van der Waals surface area contributed by atoms with Gasteiger partial charge >= 0.3 is 0 Å². The van der Waals surface area contributed by atoms with Crippen molar-refractivity contribution in [3.05, 3.63) is 413 Å². The summed E-state index contributed by atoms with van der Waals surface area (Å²) in [6.45, 7) is 0. The van der Waals surface area contributed by atoms with Crippen molar-refractivity contribution in [2.45, 2.75) is 23.2 Å². The summed E-state index contributed by atoms with van der Waals surface area (Å²) in [6, 6.07) is 132. The lowest BCUT2D eigenvalue weighted by Gasteiger charge is -2.35. The first-order valence-electron chi connectivity index (χ1n) is 31.2. The topological polar surface area (TPSA) is 3.24 Å². The Hall–Kier alpha value is -11.1. The predicted molar refractivity (Wildman–Crippen MR) is 369 cm³/mol. The van der Waals surface area contributed by atoms with Crippen molar-refractivity contribution in [3.8, 4) is 66.8 Å². The summed E-state index contributed by atoms with van der Waals surface area (Å²) in [7, 11) is 0. The maximum absolute atomic E-state index is 2.48. The van der Waals surface area contributed by atoms with E-state index in [0.717, 1.165) is 23.5 Å². The van der Waals surface area contributed by atoms with Gasteiger partial charge in [0.05, 0.1) is 10.8 Å². The number of anilines is 3. The SMILES string of the molecule is c1ccc(-c2ccc(N(c3ccccc3)c3cccc(C4(c5ccccc5)c5ccccc5-c5c(C(Cc6ccc(-c7ccccc7)cc6-c6ccccc6)c6cccc7c6-c6ccccc6C76c7ccccc7-c7ccccc76)cccc54)c3)cc2)cc1. The van der Waals surface area contributed by atoms with Gasteiger partial charge in [-0.25, -0.2) is 0 Å². The second-order valence-corrected chi connectivity index (χ2v) is 24.1. The minimum atomic E-state index is -0.706. The van der Waals surface area contributed by atoms with Gasteiger partial charge in [0.1, 0.15) is 0 Å². The Morgan fingerprint density at radius 2 is 0.618 bits per heavy atom. The molecule has 0 fully saturated rings. The highest BCUT2D eigenvalue weighted by molar-refractivity contribution is 5.97. The number of benzene rings is 14. The number of nitrogens with zero attached hydrogens (tertiary/aromatic N) is 1. The minimum Gasteiger partial charge on any atom is -0.310 e. The Kier molecular flexibility index (Phi) is 12.5. The van der Waals surface area contributed by atoms with E-state index in [-0.39, 0.29) is 5.92 Å². The van der Waals surface area contributed by atoms with Gasteiger partial charge in [-0.15, -0.1) is 0 Å². The van der Waals surface area contributed by atoms with Crippen molar-refractivity contribution < 1.29 is 0 Å². The fraction of sp³-hybridized carbons (Fsp3) is 0.0455. The van der Waals surface area contributed by atoms with Crippen LogP contribution >= 0.6 is 0 Å². The van der Waals surface area contributed by atoms with Gasteiger partial charge in [0.25, 0.3) is 0 Å². The van der Waals surface area contributed by atoms with E-state index in [0.29, 0.717) is 0 Å². The van der Waals surface area contributed by atoms with Crippen molar-refractivity contribution in [2.75, 3.05) is 4.90 Å². The number of hydrogen-bond acceptors (Lipinski definition) is 1. The molecular formula is C88H61N. The highest BCUT2D eigenvalue weighted by Gasteiger charge is 2.53. The number of hydrogen-bond donors (Lipinski definition) is 0. The third-order valence-electron chi connectivity index (χ3n) is 19.6. The molecule has 3 aliphatic rings. The quantitative estimate of drug-likeness (QED) is 0.118. The van der Waals surface area contributed by atoms with E-state index in [1.54, 1.807) is 0 Å². The molecule has 0 amide bonds. The monoisotopic (exact) mass is 1130 g/mol. The van der Waals surface area contributed by atoms with Crippen LogP contribution in [-0.2, 0) is 17.3 Å². The number of para-hydroxylation sites is 1. The molecule has 0 aliphatic heterocycles. The molecule has 0 saturated carbocycles. The fourth-order valence-corrected chi connectivity index (χ4v) is 16.0. The van der Waals surface area contributed by atoms with Crippen LogP contribution in [-0.4, -0.2) is 0 Å². The molecule has 1 nitrogen and oxygen atoms in total. The predicted octanol–water partition coefficient (Wildman–Crippen LogP) is 22.2. The van der Waals surface area contributed by atoms with E-state index in [2.05, 4.69) is 357 Å². The molecule has 0 N–H and O–H groups in total. The molecule has 0 saturated heterocycles. The molecule has 0 aromatic heterocycles. The third kappa shape index (κ3) is 8.16. The standard InChI is InChI=1S/C88H61N/c1-6-27-60(28-7-1)62-53-55-69(56-54-62)89(68-36-14-5-15-37-68)70-38-24-35-67(59-70)87(66-33-12-4-13-34-66)81-47-22-18-41-75(81)85-73(43-25-49-83(85)87)78(58-65-52-51-64(61-29-8-2-9-30-61)57-77(65)63-31-10-3-11-32-63)74-44-26-50-84-86(74)76-42-19-23-48-82(76)88(84)79-45-20-16-39-71(79)72-40-17-21-46-80(72)88/h1-57,59,78H,58H2. The second-order valence-electron chi connectivity index (χ2n) is 24.1. The van der Waals surface area contributed by atoms with Gasteiger partial charge in [-0.3, -0.25) is 0 Å². The van der Waals surface area contributed by atoms with Gasteiger partial charge in [0, 0.05) is 23.0 Å². The average molecular weight is 1130 g/mol. The summed E-state index contributed by atoms with van der Waals surface area (Å²) >= 11 is 0. The molecule has 0 bridgehead atoms. The summed E-state index contributed by atoms with van der Waals surface area (Å²) in [5.41, 5.74) is 31.5. The van der Waals surface area contributed by atoms with Crippen LogP contribution in [0.3, 0.4) is 0 Å². The molecule has 14 aromatic rings. The largest absolute Gasteiger partial charge is 0.310 e. The lowest BCUT2D eigenvalue weighted by molar-refractivity contribution is 0.761. The molecule has 0 heterocycles. The Labute approximate surface area is 521 Å². The van der Waals surface area contributed by atoms with Gasteiger partial charge in [-0.2, -0.15) is 0 Å². The van der Waals surface area contributed by atoms with Crippen LogP contribution in [0.1, 0.15) is 67.1 Å². The van der Waals surface area contributed by atoms with E-state index in [1.165, 1.54) is 128 Å². The lowest BCUT2D eigenvalue weighted by atomic mass is 9.67. The second kappa shape index (κ2) is 21.4. The van der Waals surface area contributed by atoms with E-state index in [9.17, 15) is 0 Å². The minimum absolute atomic E-state index is 0.113. The van der Waals surface area contributed by atoms with Crippen LogP contribution in [0.4, 0.5) is 17.1 Å². The Bertz CT molecular complexity index is 4930. The molecule has 2 unspecified atom stereocenters. The zero-order valence-corrected chi connectivity index (χ0v) is 49.2. The molecule has 418 valence electrons. The Morgan fingerprint density at radius 1 is 0.236 bits per heavy atom. The fourth-order valence-electron chi connectivity index (χ4n) is 16.0. The maximum atomic E-state index is 2.48. The van der Waals surface area contributed by atoms with Crippen LogP contribution in [0.5, 0.6) is 0 Å². The van der Waals surface area contributed by atoms with Gasteiger partial charge in [-0.1, -0.05) is 309 Å². The molecule has 17 rings (SSSR count). The highest BCUT2D eigenvalue weighted by Crippen LogP contribution is 2.65. The van der Waals surface area contributed by atoms with E-state index in [1.807, 2.05) is 0 Å². The van der Waals surface area contributed by atoms with Gasteiger partial charge in [0.15, 0.2) is 0 Å². The van der Waals surface area contributed by atoms with Crippen LogP contribution < -0.4 is 4.90 Å². The normalized spacial score (nSPS) is 14.7. The zero-order valence-electron chi connectivity index (χ0n) is 49.2. The zero-order chi connectivity index (χ0) is 58.9. The first kappa shape index (κ1) is 52.2. The van der Waals surface area contributed by atoms with Crippen molar-refractivity contribution in [3.63, 3.8) is 0 Å². The molecule has 0 radical (unpaired) electrons. The van der Waals surface area contributed by atoms with Crippen LogP contribution in [0.2, 0.25) is 0 Å². The third-order valence-corrected chi connectivity index (χ3v) is 19.6. The Morgan fingerprint density at radius 3 is 1.19 bits per heavy atom. The van der Waals surface area contributed by atoms with Gasteiger partial charge in [0.2, 0.25) is 0 Å². The first-order valence-corrected chi connectivity index (χ1v) is 31.2. The van der Waals surface area contributed by atoms with E-state index < -0.39 is 10.8 Å². The molecule has 2 atom stereocenters. The van der Waals surface area contributed by atoms with Crippen LogP contribution in [0, 0.1) is 0 Å². The summed E-state index contributed by atoms with van der Waals surface area (Å²) < 4.78 is 0. The van der Waals surface area contributed by atoms with Crippen molar-refractivity contribution in [2.24, 2.45) is 0 Å². The van der Waals surface area contributed by atoms with Gasteiger partial charge < -0.3 is 4.90 Å². The maximum Gasteiger partial charge on any atom is 0.0725 e. The number of rotatable bonds is 12. The van der Waals surface area contributed by atoms with Crippen LogP contribution in [0.15, 0.2) is 352 Å². The van der Waals surface area contributed by atoms with Gasteiger partial charge in [-0.05, 0) is 177 Å². The molecule has 14 aromatic carbocycles. The molecule has 3 aliphatic carbocycles. The van der Waals surface area contributed by atoms with Crippen LogP contribution in [0.25, 0.3) is 66.8 Å². The van der Waals surface area contributed by atoms with Crippen molar-refractivity contribution >= 4 is 17.1 Å². The number of fused-ring (bicyclic) bond motifs is 13. The summed E-state index contributed by atoms with van der Waals surface area (Å²) in [5.74, 6) is -0.113. The molecule has 1 spiro atoms. The summed E-state index contributed by atoms with van der Waals surface area (Å²) in [4.78, 5) is 2.42. The summed E-state index contributed by atoms with van der Waals surface area (Å²) in [5, 5.41) is 0. The van der Waals surface area contributed by atoms with Crippen molar-refractivity contribution in [1.82, 2.24) is 0 Å². The first-order chi connectivity index (χ1) is 44.2. The average Bonchev–Trinajstić information content (AvgIpc) is 1.53. The molecule has 1 heteroatoms. The molecular weight excluding hydrogens is 1070 g/mol. The van der Waals surface area contributed by atoms with E-state index in [4.69, 9.17) is 0 Å². The lowest BCUT2D eigenvalue weighted by Crippen LogP contribution is -2.29. The molecule has 89 heavy (non-hydrogen) atoms. The van der Waals surface area contributed by atoms with E-state index >= 15 is 0 Å². The highest BCUT2D eigenvalue weighted by atomic mass is 15.1. The van der Waals surface area contributed by atoms with Crippen molar-refractivity contribution in [1.29, 1.82) is 0 Å².